The summed E-state index contributed by atoms with van der Waals surface area (Å²) in [6, 6.07) is 0. The standard InChI is InChI=1S/C12H16ClNO2S/c1-8-7-17-10(9(8)13)11(15)14-5-3-12(2,16)4-6-14/h7,16H,3-6H2,1-2H3. The molecule has 1 fully saturated rings. The lowest BCUT2D eigenvalue weighted by atomic mass is 9.94. The van der Waals surface area contributed by atoms with E-state index in [2.05, 4.69) is 0 Å². The maximum atomic E-state index is 12.2. The number of aliphatic hydroxyl groups is 1. The van der Waals surface area contributed by atoms with Crippen LogP contribution in [0.25, 0.3) is 0 Å². The highest BCUT2D eigenvalue weighted by atomic mass is 35.5. The second-order valence-electron chi connectivity index (χ2n) is 4.85. The van der Waals surface area contributed by atoms with Gasteiger partial charge in [-0.3, -0.25) is 4.79 Å². The largest absolute Gasteiger partial charge is 0.390 e. The van der Waals surface area contributed by atoms with E-state index in [9.17, 15) is 9.90 Å². The summed E-state index contributed by atoms with van der Waals surface area (Å²) in [5.74, 6) is -0.0106. The number of amides is 1. The summed E-state index contributed by atoms with van der Waals surface area (Å²) in [6.45, 7) is 4.91. The molecule has 0 saturated carbocycles. The molecule has 2 heterocycles. The molecule has 1 saturated heterocycles. The minimum atomic E-state index is -0.633. The molecule has 1 amide bonds. The Morgan fingerprint density at radius 1 is 1.53 bits per heavy atom. The predicted molar refractivity (Wildman–Crippen MR) is 69.8 cm³/mol. The fourth-order valence-corrected chi connectivity index (χ4v) is 3.15. The Balaban J connectivity index is 2.10. The minimum absolute atomic E-state index is 0.0106. The smallest absolute Gasteiger partial charge is 0.265 e. The summed E-state index contributed by atoms with van der Waals surface area (Å²) in [6.07, 6.45) is 1.25. The molecular formula is C12H16ClNO2S. The zero-order valence-electron chi connectivity index (χ0n) is 9.99. The number of carbonyl (C=O) groups is 1. The van der Waals surface area contributed by atoms with Crippen molar-refractivity contribution in [1.29, 1.82) is 0 Å². The molecule has 0 bridgehead atoms. The number of thiophene rings is 1. The van der Waals surface area contributed by atoms with Gasteiger partial charge in [-0.25, -0.2) is 0 Å². The Labute approximate surface area is 110 Å². The molecule has 1 aromatic heterocycles. The number of piperidine rings is 1. The maximum Gasteiger partial charge on any atom is 0.265 e. The highest BCUT2D eigenvalue weighted by Gasteiger charge is 2.31. The van der Waals surface area contributed by atoms with Crippen LogP contribution in [0, 0.1) is 6.92 Å². The SMILES string of the molecule is Cc1csc(C(=O)N2CCC(C)(O)CC2)c1Cl. The topological polar surface area (TPSA) is 40.5 Å². The van der Waals surface area contributed by atoms with E-state index in [0.717, 1.165) is 5.56 Å². The van der Waals surface area contributed by atoms with Crippen molar-refractivity contribution in [2.75, 3.05) is 13.1 Å². The Morgan fingerprint density at radius 3 is 2.59 bits per heavy atom. The highest BCUT2D eigenvalue weighted by Crippen LogP contribution is 2.30. The third kappa shape index (κ3) is 2.64. The van der Waals surface area contributed by atoms with Crippen molar-refractivity contribution in [3.8, 4) is 0 Å². The molecule has 5 heteroatoms. The first-order valence-corrected chi connectivity index (χ1v) is 6.92. The Bertz CT molecular complexity index is 432. The number of hydrogen-bond donors (Lipinski definition) is 1. The summed E-state index contributed by atoms with van der Waals surface area (Å²) in [7, 11) is 0. The monoisotopic (exact) mass is 273 g/mol. The number of halogens is 1. The van der Waals surface area contributed by atoms with Gasteiger partial charge >= 0.3 is 0 Å². The quantitative estimate of drug-likeness (QED) is 0.855. The molecule has 0 atom stereocenters. The molecular weight excluding hydrogens is 258 g/mol. The van der Waals surface area contributed by atoms with Crippen LogP contribution in [0.5, 0.6) is 0 Å². The lowest BCUT2D eigenvalue weighted by molar-refractivity contribution is -0.00187. The van der Waals surface area contributed by atoms with Gasteiger partial charge in [-0.15, -0.1) is 11.3 Å². The average molecular weight is 274 g/mol. The van der Waals surface area contributed by atoms with Crippen LogP contribution in [-0.2, 0) is 0 Å². The van der Waals surface area contributed by atoms with Crippen molar-refractivity contribution in [3.63, 3.8) is 0 Å². The van der Waals surface area contributed by atoms with Gasteiger partial charge in [0.05, 0.1) is 10.6 Å². The van der Waals surface area contributed by atoms with E-state index in [-0.39, 0.29) is 5.91 Å². The summed E-state index contributed by atoms with van der Waals surface area (Å²) < 4.78 is 0. The molecule has 0 aliphatic carbocycles. The molecule has 1 aliphatic heterocycles. The van der Waals surface area contributed by atoms with E-state index >= 15 is 0 Å². The van der Waals surface area contributed by atoms with Gasteiger partial charge in [-0.1, -0.05) is 11.6 Å². The maximum absolute atomic E-state index is 12.2. The van der Waals surface area contributed by atoms with Crippen molar-refractivity contribution in [1.82, 2.24) is 4.90 Å². The summed E-state index contributed by atoms with van der Waals surface area (Å²) >= 11 is 7.48. The van der Waals surface area contributed by atoms with Crippen molar-refractivity contribution in [2.24, 2.45) is 0 Å². The Hall–Kier alpha value is -0.580. The highest BCUT2D eigenvalue weighted by molar-refractivity contribution is 7.13. The third-order valence-electron chi connectivity index (χ3n) is 3.22. The van der Waals surface area contributed by atoms with Gasteiger partial charge in [0.15, 0.2) is 0 Å². The van der Waals surface area contributed by atoms with Gasteiger partial charge in [0.1, 0.15) is 4.88 Å². The zero-order chi connectivity index (χ0) is 12.6. The fourth-order valence-electron chi connectivity index (χ4n) is 1.91. The van der Waals surface area contributed by atoms with E-state index in [1.165, 1.54) is 11.3 Å². The first-order chi connectivity index (χ1) is 7.91. The molecule has 17 heavy (non-hydrogen) atoms. The minimum Gasteiger partial charge on any atom is -0.390 e. The van der Waals surface area contributed by atoms with E-state index in [4.69, 9.17) is 11.6 Å². The molecule has 1 aromatic rings. The van der Waals surface area contributed by atoms with Crippen molar-refractivity contribution < 1.29 is 9.90 Å². The van der Waals surface area contributed by atoms with Crippen LogP contribution >= 0.6 is 22.9 Å². The summed E-state index contributed by atoms with van der Waals surface area (Å²) in [5.41, 5.74) is 0.315. The van der Waals surface area contributed by atoms with Crippen molar-refractivity contribution in [2.45, 2.75) is 32.3 Å². The number of rotatable bonds is 1. The van der Waals surface area contributed by atoms with Crippen LogP contribution in [0.4, 0.5) is 0 Å². The molecule has 0 unspecified atom stereocenters. The van der Waals surface area contributed by atoms with Gasteiger partial charge in [0.25, 0.3) is 5.91 Å². The van der Waals surface area contributed by atoms with Crippen LogP contribution in [0.15, 0.2) is 5.38 Å². The van der Waals surface area contributed by atoms with Crippen LogP contribution < -0.4 is 0 Å². The fraction of sp³-hybridized carbons (Fsp3) is 0.583. The summed E-state index contributed by atoms with van der Waals surface area (Å²) in [4.78, 5) is 14.6. The molecule has 94 valence electrons. The predicted octanol–water partition coefficient (Wildman–Crippen LogP) is 2.70. The zero-order valence-corrected chi connectivity index (χ0v) is 11.6. The first kappa shape index (κ1) is 12.9. The van der Waals surface area contributed by atoms with Crippen LogP contribution in [0.3, 0.4) is 0 Å². The number of hydrogen-bond acceptors (Lipinski definition) is 3. The Kier molecular flexibility index (Phi) is 3.48. The van der Waals surface area contributed by atoms with Gasteiger partial charge in [-0.2, -0.15) is 0 Å². The van der Waals surface area contributed by atoms with Gasteiger partial charge < -0.3 is 10.0 Å². The lowest BCUT2D eigenvalue weighted by Gasteiger charge is -2.35. The van der Waals surface area contributed by atoms with Crippen LogP contribution in [0.1, 0.15) is 35.0 Å². The normalized spacial score (nSPS) is 19.4. The van der Waals surface area contributed by atoms with Crippen LogP contribution in [0.2, 0.25) is 5.02 Å². The average Bonchev–Trinajstić information content (AvgIpc) is 2.59. The van der Waals surface area contributed by atoms with Gasteiger partial charge in [0, 0.05) is 13.1 Å². The molecule has 3 nitrogen and oxygen atoms in total. The van der Waals surface area contributed by atoms with Gasteiger partial charge in [-0.05, 0) is 37.6 Å². The van der Waals surface area contributed by atoms with Crippen LogP contribution in [-0.4, -0.2) is 34.6 Å². The molecule has 1 N–H and O–H groups in total. The summed E-state index contributed by atoms with van der Waals surface area (Å²) in [5, 5.41) is 12.3. The molecule has 1 aliphatic rings. The molecule has 0 spiro atoms. The van der Waals surface area contributed by atoms with E-state index in [1.54, 1.807) is 4.90 Å². The Morgan fingerprint density at radius 2 is 2.12 bits per heavy atom. The lowest BCUT2D eigenvalue weighted by Crippen LogP contribution is -2.45. The second-order valence-corrected chi connectivity index (χ2v) is 6.11. The number of aryl methyl sites for hydroxylation is 1. The molecule has 2 rings (SSSR count). The van der Waals surface area contributed by atoms with E-state index < -0.39 is 5.60 Å². The van der Waals surface area contributed by atoms with Crippen molar-refractivity contribution in [3.05, 3.63) is 20.8 Å². The molecule has 0 aromatic carbocycles. The number of carbonyl (C=O) groups excluding carboxylic acids is 1. The van der Waals surface area contributed by atoms with Crippen molar-refractivity contribution >= 4 is 28.8 Å². The second kappa shape index (κ2) is 4.59. The molecule has 0 radical (unpaired) electrons. The van der Waals surface area contributed by atoms with E-state index in [1.807, 2.05) is 19.2 Å². The van der Waals surface area contributed by atoms with E-state index in [0.29, 0.717) is 35.8 Å². The first-order valence-electron chi connectivity index (χ1n) is 5.66. The number of likely N-dealkylation sites (tertiary alicyclic amines) is 1. The third-order valence-corrected chi connectivity index (χ3v) is 4.91. The number of nitrogens with zero attached hydrogens (tertiary/aromatic N) is 1. The van der Waals surface area contributed by atoms with Gasteiger partial charge in [0.2, 0.25) is 0 Å².